The summed E-state index contributed by atoms with van der Waals surface area (Å²) in [6, 6.07) is 5.43. The first kappa shape index (κ1) is 15.0. The Hall–Kier alpha value is -2.04. The van der Waals surface area contributed by atoms with Gasteiger partial charge in [0.15, 0.2) is 0 Å². The first-order valence-electron chi connectivity index (χ1n) is 6.45. The van der Waals surface area contributed by atoms with Crippen LogP contribution < -0.4 is 10.6 Å². The molecule has 5 nitrogen and oxygen atoms in total. The molecule has 0 aliphatic heterocycles. The van der Waals surface area contributed by atoms with Crippen LogP contribution in [0.15, 0.2) is 18.2 Å². The van der Waals surface area contributed by atoms with Crippen molar-refractivity contribution < 1.29 is 14.7 Å². The molecule has 0 bridgehead atoms. The lowest BCUT2D eigenvalue weighted by Crippen LogP contribution is -2.30. The van der Waals surface area contributed by atoms with E-state index in [-0.39, 0.29) is 19.0 Å². The molecule has 0 aliphatic rings. The van der Waals surface area contributed by atoms with Gasteiger partial charge in [-0.05, 0) is 36.1 Å². The average molecular weight is 264 g/mol. The van der Waals surface area contributed by atoms with Crippen molar-refractivity contribution >= 4 is 17.7 Å². The highest BCUT2D eigenvalue weighted by Crippen LogP contribution is 2.17. The molecule has 0 radical (unpaired) electrons. The smallest absolute Gasteiger partial charge is 0.319 e. The molecule has 0 fully saturated rings. The maximum Gasteiger partial charge on any atom is 0.319 e. The first-order chi connectivity index (χ1) is 9.06. The van der Waals surface area contributed by atoms with E-state index in [1.54, 1.807) is 0 Å². The summed E-state index contributed by atoms with van der Waals surface area (Å²) in [7, 11) is 0. The van der Waals surface area contributed by atoms with E-state index in [4.69, 9.17) is 5.11 Å². The van der Waals surface area contributed by atoms with Crippen molar-refractivity contribution in [3.05, 3.63) is 29.3 Å². The minimum Gasteiger partial charge on any atom is -0.481 e. The fourth-order valence-electron chi connectivity index (χ4n) is 1.84. The third-order valence-corrected chi connectivity index (χ3v) is 2.85. The van der Waals surface area contributed by atoms with Crippen LogP contribution >= 0.6 is 0 Å². The first-order valence-corrected chi connectivity index (χ1v) is 6.45. The Balaban J connectivity index is 2.57. The van der Waals surface area contributed by atoms with Crippen LogP contribution in [0, 0.1) is 0 Å². The number of aryl methyl sites for hydroxylation is 2. The van der Waals surface area contributed by atoms with Crippen molar-refractivity contribution in [1.29, 1.82) is 0 Å². The Labute approximate surface area is 113 Å². The molecule has 0 spiro atoms. The molecule has 19 heavy (non-hydrogen) atoms. The van der Waals surface area contributed by atoms with Gasteiger partial charge in [0.2, 0.25) is 0 Å². The number of amides is 2. The summed E-state index contributed by atoms with van der Waals surface area (Å²) >= 11 is 0. The van der Waals surface area contributed by atoms with Gasteiger partial charge >= 0.3 is 12.0 Å². The molecule has 1 rings (SSSR count). The number of carbonyl (C=O) groups excluding carboxylic acids is 1. The molecule has 5 heteroatoms. The van der Waals surface area contributed by atoms with Crippen LogP contribution in [0.3, 0.4) is 0 Å². The number of carboxylic acids is 1. The number of rotatable bonds is 6. The lowest BCUT2D eigenvalue weighted by Gasteiger charge is -2.10. The van der Waals surface area contributed by atoms with Gasteiger partial charge in [0.25, 0.3) is 0 Å². The summed E-state index contributed by atoms with van der Waals surface area (Å²) in [5, 5.41) is 13.7. The third kappa shape index (κ3) is 4.99. The molecule has 0 atom stereocenters. The molecule has 0 aliphatic carbocycles. The Morgan fingerprint density at radius 1 is 1.16 bits per heavy atom. The molecule has 0 aromatic heterocycles. The molecule has 1 aromatic rings. The van der Waals surface area contributed by atoms with Crippen molar-refractivity contribution in [3.63, 3.8) is 0 Å². The Kier molecular flexibility index (Phi) is 5.85. The zero-order valence-corrected chi connectivity index (χ0v) is 11.3. The second-order valence-electron chi connectivity index (χ2n) is 4.22. The Bertz CT molecular complexity index is 458. The van der Waals surface area contributed by atoms with E-state index < -0.39 is 5.97 Å². The molecule has 0 heterocycles. The number of aliphatic carboxylic acids is 1. The number of anilines is 1. The predicted octanol–water partition coefficient (Wildman–Crippen LogP) is 2.41. The summed E-state index contributed by atoms with van der Waals surface area (Å²) in [6.45, 7) is 4.29. The van der Waals surface area contributed by atoms with Gasteiger partial charge in [-0.1, -0.05) is 19.9 Å². The number of hydrogen-bond acceptors (Lipinski definition) is 2. The molecule has 2 amide bonds. The van der Waals surface area contributed by atoms with Crippen LogP contribution in [-0.2, 0) is 17.6 Å². The van der Waals surface area contributed by atoms with Crippen molar-refractivity contribution in [2.45, 2.75) is 33.1 Å². The molecule has 1 aromatic carbocycles. The number of carboxylic acid groups (broad SMARTS) is 1. The normalized spacial score (nSPS) is 10.0. The monoisotopic (exact) mass is 264 g/mol. The second-order valence-corrected chi connectivity index (χ2v) is 4.22. The summed E-state index contributed by atoms with van der Waals surface area (Å²) in [4.78, 5) is 21.9. The molecular formula is C14H20N2O3. The van der Waals surface area contributed by atoms with E-state index in [1.807, 2.05) is 18.2 Å². The molecule has 0 unspecified atom stereocenters. The quantitative estimate of drug-likeness (QED) is 0.738. The van der Waals surface area contributed by atoms with Crippen LogP contribution in [0.4, 0.5) is 10.5 Å². The van der Waals surface area contributed by atoms with Gasteiger partial charge in [0.05, 0.1) is 6.42 Å². The molecule has 104 valence electrons. The zero-order valence-electron chi connectivity index (χ0n) is 11.3. The highest BCUT2D eigenvalue weighted by Gasteiger charge is 2.05. The van der Waals surface area contributed by atoms with Crippen LogP contribution in [0.1, 0.15) is 31.4 Å². The number of benzene rings is 1. The fraction of sp³-hybridized carbons (Fsp3) is 0.429. The van der Waals surface area contributed by atoms with Gasteiger partial charge in [-0.3, -0.25) is 4.79 Å². The number of urea groups is 1. The number of nitrogens with one attached hydrogen (secondary N) is 2. The third-order valence-electron chi connectivity index (χ3n) is 2.85. The standard InChI is InChI=1S/C14H20N2O3/c1-3-10-5-6-12(9-11(10)4-2)16-14(19)15-8-7-13(17)18/h5-6,9H,3-4,7-8H2,1-2H3,(H,17,18)(H2,15,16,19). The van der Waals surface area contributed by atoms with Gasteiger partial charge in [0, 0.05) is 12.2 Å². The molecule has 0 saturated heterocycles. The summed E-state index contributed by atoms with van der Waals surface area (Å²) < 4.78 is 0. The van der Waals surface area contributed by atoms with Crippen molar-refractivity contribution in [2.24, 2.45) is 0 Å². The predicted molar refractivity (Wildman–Crippen MR) is 74.5 cm³/mol. The van der Waals surface area contributed by atoms with E-state index in [9.17, 15) is 9.59 Å². The molecule has 0 saturated carbocycles. The highest BCUT2D eigenvalue weighted by molar-refractivity contribution is 5.89. The number of carbonyl (C=O) groups is 2. The Morgan fingerprint density at radius 3 is 2.42 bits per heavy atom. The lowest BCUT2D eigenvalue weighted by atomic mass is 10.0. The Morgan fingerprint density at radius 2 is 1.84 bits per heavy atom. The van der Waals surface area contributed by atoms with Gasteiger partial charge < -0.3 is 15.7 Å². The summed E-state index contributed by atoms with van der Waals surface area (Å²) in [5.74, 6) is -0.930. The maximum absolute atomic E-state index is 11.5. The molecule has 3 N–H and O–H groups in total. The van der Waals surface area contributed by atoms with E-state index >= 15 is 0 Å². The SMILES string of the molecule is CCc1ccc(NC(=O)NCCC(=O)O)cc1CC. The summed E-state index contributed by atoms with van der Waals surface area (Å²) in [5.41, 5.74) is 3.21. The van der Waals surface area contributed by atoms with Gasteiger partial charge in [-0.2, -0.15) is 0 Å². The minimum atomic E-state index is -0.930. The topological polar surface area (TPSA) is 78.4 Å². The average Bonchev–Trinajstić information content (AvgIpc) is 2.38. The largest absolute Gasteiger partial charge is 0.481 e. The van der Waals surface area contributed by atoms with E-state index in [0.29, 0.717) is 0 Å². The van der Waals surface area contributed by atoms with E-state index in [0.717, 1.165) is 18.5 Å². The van der Waals surface area contributed by atoms with Crippen molar-refractivity contribution in [2.75, 3.05) is 11.9 Å². The van der Waals surface area contributed by atoms with Crippen LogP contribution in [-0.4, -0.2) is 23.7 Å². The van der Waals surface area contributed by atoms with Crippen LogP contribution in [0.25, 0.3) is 0 Å². The fourth-order valence-corrected chi connectivity index (χ4v) is 1.84. The van der Waals surface area contributed by atoms with Crippen LogP contribution in [0.5, 0.6) is 0 Å². The van der Waals surface area contributed by atoms with Crippen molar-refractivity contribution in [3.8, 4) is 0 Å². The lowest BCUT2D eigenvalue weighted by molar-refractivity contribution is -0.136. The zero-order chi connectivity index (χ0) is 14.3. The van der Waals surface area contributed by atoms with Gasteiger partial charge in [-0.15, -0.1) is 0 Å². The maximum atomic E-state index is 11.5. The van der Waals surface area contributed by atoms with Crippen molar-refractivity contribution in [1.82, 2.24) is 5.32 Å². The number of hydrogen-bond donors (Lipinski definition) is 3. The van der Waals surface area contributed by atoms with Gasteiger partial charge in [0.1, 0.15) is 0 Å². The van der Waals surface area contributed by atoms with E-state index in [1.165, 1.54) is 11.1 Å². The van der Waals surface area contributed by atoms with Gasteiger partial charge in [-0.25, -0.2) is 4.79 Å². The molecular weight excluding hydrogens is 244 g/mol. The highest BCUT2D eigenvalue weighted by atomic mass is 16.4. The summed E-state index contributed by atoms with van der Waals surface area (Å²) in [6.07, 6.45) is 1.80. The second kappa shape index (κ2) is 7.41. The minimum absolute atomic E-state index is 0.0809. The van der Waals surface area contributed by atoms with E-state index in [2.05, 4.69) is 24.5 Å². The van der Waals surface area contributed by atoms with Crippen LogP contribution in [0.2, 0.25) is 0 Å².